The van der Waals surface area contributed by atoms with E-state index in [9.17, 15) is 16.8 Å². The van der Waals surface area contributed by atoms with Crippen molar-refractivity contribution in [2.24, 2.45) is 0 Å². The van der Waals surface area contributed by atoms with Gasteiger partial charge >= 0.3 is 0 Å². The molecule has 0 atom stereocenters. The SMILES string of the molecule is Cc1ccc(C)c(S(=O)(=O)NCCN2CCN(S(=O)(=O)c3cc(C)ccc3C)CC2)c1. The Kier molecular flexibility index (Phi) is 7.22. The van der Waals surface area contributed by atoms with Crippen molar-refractivity contribution in [3.63, 3.8) is 0 Å². The highest BCUT2D eigenvalue weighted by Crippen LogP contribution is 2.22. The molecule has 0 amide bonds. The number of benzene rings is 2. The van der Waals surface area contributed by atoms with Crippen molar-refractivity contribution in [2.45, 2.75) is 37.5 Å². The van der Waals surface area contributed by atoms with E-state index in [2.05, 4.69) is 9.62 Å². The van der Waals surface area contributed by atoms with Gasteiger partial charge in [-0.05, 0) is 62.1 Å². The number of nitrogens with zero attached hydrogens (tertiary/aromatic N) is 2. The molecule has 2 aromatic rings. The molecule has 1 N–H and O–H groups in total. The Balaban J connectivity index is 1.56. The summed E-state index contributed by atoms with van der Waals surface area (Å²) in [4.78, 5) is 2.75. The van der Waals surface area contributed by atoms with Gasteiger partial charge in [0.05, 0.1) is 9.79 Å². The van der Waals surface area contributed by atoms with Crippen molar-refractivity contribution in [1.29, 1.82) is 0 Å². The van der Waals surface area contributed by atoms with Crippen molar-refractivity contribution in [2.75, 3.05) is 39.3 Å². The number of nitrogens with one attached hydrogen (secondary N) is 1. The third kappa shape index (κ3) is 5.53. The van der Waals surface area contributed by atoms with Crippen molar-refractivity contribution >= 4 is 20.0 Å². The standard InChI is InChI=1S/C22H31N3O4S2/c1-17-5-7-19(3)21(15-17)30(26,27)23-9-10-24-11-13-25(14-12-24)31(28,29)22-16-18(2)6-8-20(22)4/h5-8,15-16,23H,9-14H2,1-4H3. The molecule has 0 aliphatic carbocycles. The number of hydrogen-bond acceptors (Lipinski definition) is 5. The summed E-state index contributed by atoms with van der Waals surface area (Å²) in [5.41, 5.74) is 3.27. The minimum absolute atomic E-state index is 0.277. The van der Waals surface area contributed by atoms with Crippen molar-refractivity contribution in [3.05, 3.63) is 58.7 Å². The van der Waals surface area contributed by atoms with Gasteiger partial charge in [0.15, 0.2) is 0 Å². The number of sulfonamides is 2. The lowest BCUT2D eigenvalue weighted by molar-refractivity contribution is 0.191. The molecule has 7 nitrogen and oxygen atoms in total. The van der Waals surface area contributed by atoms with Gasteiger partial charge in [0.2, 0.25) is 20.0 Å². The van der Waals surface area contributed by atoms with Gasteiger partial charge in [-0.3, -0.25) is 4.90 Å². The van der Waals surface area contributed by atoms with E-state index < -0.39 is 20.0 Å². The lowest BCUT2D eigenvalue weighted by atomic mass is 10.2. The topological polar surface area (TPSA) is 86.8 Å². The van der Waals surface area contributed by atoms with E-state index in [1.807, 2.05) is 39.0 Å². The van der Waals surface area contributed by atoms with Gasteiger partial charge in [-0.2, -0.15) is 4.31 Å². The number of piperazine rings is 1. The molecular weight excluding hydrogens is 434 g/mol. The minimum atomic E-state index is -3.58. The first kappa shape index (κ1) is 23.9. The van der Waals surface area contributed by atoms with Gasteiger partial charge in [-0.25, -0.2) is 21.6 Å². The quantitative estimate of drug-likeness (QED) is 0.678. The molecule has 0 unspecified atom stereocenters. The lowest BCUT2D eigenvalue weighted by Gasteiger charge is -2.34. The Hall–Kier alpha value is -1.78. The summed E-state index contributed by atoms with van der Waals surface area (Å²) in [6, 6.07) is 10.8. The van der Waals surface area contributed by atoms with Crippen LogP contribution in [0.4, 0.5) is 0 Å². The van der Waals surface area contributed by atoms with Gasteiger partial charge < -0.3 is 0 Å². The Morgan fingerprint density at radius 3 is 1.87 bits per heavy atom. The molecule has 1 saturated heterocycles. The van der Waals surface area contributed by atoms with Crippen LogP contribution in [0, 0.1) is 27.7 Å². The fourth-order valence-corrected chi connectivity index (χ4v) is 6.81. The molecule has 0 aromatic heterocycles. The fraction of sp³-hybridized carbons (Fsp3) is 0.455. The molecule has 170 valence electrons. The van der Waals surface area contributed by atoms with Crippen LogP contribution in [-0.4, -0.2) is 65.3 Å². The smallest absolute Gasteiger partial charge is 0.243 e. The highest BCUT2D eigenvalue weighted by atomic mass is 32.2. The normalized spacial score (nSPS) is 16.5. The van der Waals surface area contributed by atoms with Crippen LogP contribution < -0.4 is 4.72 Å². The van der Waals surface area contributed by atoms with Gasteiger partial charge in [-0.1, -0.05) is 24.3 Å². The van der Waals surface area contributed by atoms with E-state index in [0.29, 0.717) is 48.1 Å². The predicted molar refractivity (Wildman–Crippen MR) is 122 cm³/mol. The summed E-state index contributed by atoms with van der Waals surface area (Å²) in [7, 11) is -7.11. The monoisotopic (exact) mass is 465 g/mol. The van der Waals surface area contributed by atoms with Gasteiger partial charge in [0.1, 0.15) is 0 Å². The molecule has 2 aromatic carbocycles. The van der Waals surface area contributed by atoms with Gasteiger partial charge in [0.25, 0.3) is 0 Å². The molecule has 0 saturated carbocycles. The van der Waals surface area contributed by atoms with Crippen LogP contribution in [0.15, 0.2) is 46.2 Å². The fourth-order valence-electron chi connectivity index (χ4n) is 3.73. The summed E-state index contributed by atoms with van der Waals surface area (Å²) in [6.45, 7) is 10.1. The summed E-state index contributed by atoms with van der Waals surface area (Å²) < 4.78 is 55.5. The highest BCUT2D eigenvalue weighted by molar-refractivity contribution is 7.89. The number of hydrogen-bond donors (Lipinski definition) is 1. The van der Waals surface area contributed by atoms with Gasteiger partial charge in [-0.15, -0.1) is 0 Å². The molecular formula is C22H31N3O4S2. The molecule has 0 spiro atoms. The van der Waals surface area contributed by atoms with E-state index >= 15 is 0 Å². The zero-order chi connectivity index (χ0) is 22.8. The van der Waals surface area contributed by atoms with Crippen LogP contribution in [-0.2, 0) is 20.0 Å². The van der Waals surface area contributed by atoms with Crippen LogP contribution in [0.25, 0.3) is 0 Å². The first-order valence-electron chi connectivity index (χ1n) is 10.4. The zero-order valence-electron chi connectivity index (χ0n) is 18.6. The molecule has 0 radical (unpaired) electrons. The van der Waals surface area contributed by atoms with E-state index in [0.717, 1.165) is 16.7 Å². The molecule has 9 heteroatoms. The molecule has 3 rings (SSSR count). The van der Waals surface area contributed by atoms with Crippen LogP contribution in [0.5, 0.6) is 0 Å². The Labute approximate surface area is 186 Å². The van der Waals surface area contributed by atoms with E-state index in [-0.39, 0.29) is 6.54 Å². The Bertz CT molecular complexity index is 1150. The zero-order valence-corrected chi connectivity index (χ0v) is 20.2. The summed E-state index contributed by atoms with van der Waals surface area (Å²) in [5, 5.41) is 0. The third-order valence-corrected chi connectivity index (χ3v) is 9.29. The van der Waals surface area contributed by atoms with Crippen LogP contribution in [0.3, 0.4) is 0 Å². The largest absolute Gasteiger partial charge is 0.299 e. The van der Waals surface area contributed by atoms with E-state index in [1.54, 1.807) is 25.1 Å². The van der Waals surface area contributed by atoms with Gasteiger partial charge in [0, 0.05) is 39.3 Å². The first-order valence-corrected chi connectivity index (χ1v) is 13.3. The second-order valence-corrected chi connectivity index (χ2v) is 11.8. The molecule has 1 heterocycles. The second-order valence-electron chi connectivity index (χ2n) is 8.18. The molecule has 1 fully saturated rings. The van der Waals surface area contributed by atoms with Crippen LogP contribution in [0.1, 0.15) is 22.3 Å². The number of aryl methyl sites for hydroxylation is 4. The average Bonchev–Trinajstić information content (AvgIpc) is 2.71. The minimum Gasteiger partial charge on any atom is -0.299 e. The van der Waals surface area contributed by atoms with E-state index in [1.165, 1.54) is 4.31 Å². The van der Waals surface area contributed by atoms with E-state index in [4.69, 9.17) is 0 Å². The van der Waals surface area contributed by atoms with Crippen molar-refractivity contribution in [3.8, 4) is 0 Å². The summed E-state index contributed by atoms with van der Waals surface area (Å²) >= 11 is 0. The average molecular weight is 466 g/mol. The second kappa shape index (κ2) is 9.38. The summed E-state index contributed by atoms with van der Waals surface area (Å²) in [5.74, 6) is 0. The first-order chi connectivity index (χ1) is 14.5. The van der Waals surface area contributed by atoms with Crippen LogP contribution in [0.2, 0.25) is 0 Å². The van der Waals surface area contributed by atoms with Crippen molar-refractivity contribution in [1.82, 2.24) is 13.9 Å². The Morgan fingerprint density at radius 1 is 0.774 bits per heavy atom. The molecule has 1 aliphatic rings. The highest BCUT2D eigenvalue weighted by Gasteiger charge is 2.29. The summed E-state index contributed by atoms with van der Waals surface area (Å²) in [6.07, 6.45) is 0. The lowest BCUT2D eigenvalue weighted by Crippen LogP contribution is -2.50. The van der Waals surface area contributed by atoms with Crippen molar-refractivity contribution < 1.29 is 16.8 Å². The van der Waals surface area contributed by atoms with Crippen LogP contribution >= 0.6 is 0 Å². The molecule has 0 bridgehead atoms. The maximum atomic E-state index is 13.0. The predicted octanol–water partition coefficient (Wildman–Crippen LogP) is 2.21. The maximum Gasteiger partial charge on any atom is 0.243 e. The molecule has 1 aliphatic heterocycles. The molecule has 31 heavy (non-hydrogen) atoms. The third-order valence-electron chi connectivity index (χ3n) is 5.65. The number of rotatable bonds is 7. The Morgan fingerprint density at radius 2 is 1.29 bits per heavy atom. The maximum absolute atomic E-state index is 13.0.